The van der Waals surface area contributed by atoms with Crippen molar-refractivity contribution in [1.82, 2.24) is 15.4 Å². The van der Waals surface area contributed by atoms with Crippen molar-refractivity contribution in [3.8, 4) is 0 Å². The Morgan fingerprint density at radius 1 is 1.03 bits per heavy atom. The van der Waals surface area contributed by atoms with Crippen LogP contribution in [0, 0.1) is 0 Å². The van der Waals surface area contributed by atoms with Crippen molar-refractivity contribution >= 4 is 28.2 Å². The number of benzene rings is 1. The molecule has 192 valence electrons. The Labute approximate surface area is 201 Å². The Hall–Kier alpha value is -2.86. The summed E-state index contributed by atoms with van der Waals surface area (Å²) in [7, 11) is -3.91. The van der Waals surface area contributed by atoms with E-state index in [1.54, 1.807) is 27.7 Å². The molecule has 0 heterocycles. The maximum atomic E-state index is 12.4. The number of carbonyl (C=O) groups is 3. The topological polar surface area (TPSA) is 149 Å². The molecule has 0 fully saturated rings. The maximum absolute atomic E-state index is 12.4. The minimum absolute atomic E-state index is 0.125. The largest absolute Gasteiger partial charge is 0.465 e. The fourth-order valence-electron chi connectivity index (χ4n) is 2.69. The van der Waals surface area contributed by atoms with E-state index in [4.69, 9.17) is 14.2 Å². The first-order valence-electron chi connectivity index (χ1n) is 11.0. The number of sulfonamides is 1. The van der Waals surface area contributed by atoms with Crippen molar-refractivity contribution in [2.24, 2.45) is 0 Å². The Morgan fingerprint density at radius 2 is 1.71 bits per heavy atom. The molecule has 0 bridgehead atoms. The van der Waals surface area contributed by atoms with E-state index in [1.807, 2.05) is 30.3 Å². The molecule has 11 nitrogen and oxygen atoms in total. The van der Waals surface area contributed by atoms with Crippen molar-refractivity contribution in [2.75, 3.05) is 25.4 Å². The summed E-state index contributed by atoms with van der Waals surface area (Å²) in [6.45, 7) is 6.61. The zero-order chi connectivity index (χ0) is 25.6. The average molecular weight is 502 g/mol. The number of alkyl carbamates (subject to hydrolysis) is 2. The smallest absolute Gasteiger partial charge is 0.407 e. The zero-order valence-electron chi connectivity index (χ0n) is 20.1. The monoisotopic (exact) mass is 501 g/mol. The van der Waals surface area contributed by atoms with Crippen molar-refractivity contribution < 1.29 is 37.0 Å². The number of ether oxygens (including phenoxy) is 3. The van der Waals surface area contributed by atoms with Crippen LogP contribution in [0.4, 0.5) is 9.59 Å². The molecule has 2 amide bonds. The number of amides is 2. The first kappa shape index (κ1) is 29.2. The average Bonchev–Trinajstić information content (AvgIpc) is 2.73. The molecule has 0 saturated carbocycles. The van der Waals surface area contributed by atoms with Crippen molar-refractivity contribution in [2.45, 2.75) is 58.8 Å². The fraction of sp³-hybridized carbons (Fsp3) is 0.591. The Morgan fingerprint density at radius 3 is 2.32 bits per heavy atom. The number of rotatable bonds is 13. The van der Waals surface area contributed by atoms with Gasteiger partial charge in [0.05, 0.1) is 12.4 Å². The van der Waals surface area contributed by atoms with Crippen molar-refractivity contribution in [3.05, 3.63) is 35.9 Å². The van der Waals surface area contributed by atoms with Gasteiger partial charge in [0.2, 0.25) is 10.0 Å². The van der Waals surface area contributed by atoms with E-state index in [-0.39, 0.29) is 26.2 Å². The molecule has 1 aromatic rings. The van der Waals surface area contributed by atoms with E-state index in [9.17, 15) is 22.8 Å². The number of carbonyl (C=O) groups excluding carboxylic acids is 3. The van der Waals surface area contributed by atoms with Gasteiger partial charge in [-0.1, -0.05) is 30.3 Å². The highest BCUT2D eigenvalue weighted by Crippen LogP contribution is 2.09. The van der Waals surface area contributed by atoms with Crippen LogP contribution in [0.2, 0.25) is 0 Å². The van der Waals surface area contributed by atoms with E-state index in [2.05, 4.69) is 15.4 Å². The van der Waals surface area contributed by atoms with Gasteiger partial charge in [-0.15, -0.1) is 0 Å². The van der Waals surface area contributed by atoms with Gasteiger partial charge in [-0.2, -0.15) is 0 Å². The van der Waals surface area contributed by atoms with E-state index in [0.717, 1.165) is 5.56 Å². The molecular formula is C22H35N3O8S. The Kier molecular flexibility index (Phi) is 12.4. The SMILES string of the molecule is CCOC(=O)CNS(=O)(=O)CC(CCCNC(=O)OCc1ccccc1)NC(=O)OC(C)(C)C. The summed E-state index contributed by atoms with van der Waals surface area (Å²) < 4.78 is 41.9. The van der Waals surface area contributed by atoms with Crippen LogP contribution < -0.4 is 15.4 Å². The quantitative estimate of drug-likeness (QED) is 0.211. The van der Waals surface area contributed by atoms with Gasteiger partial charge in [0.1, 0.15) is 18.8 Å². The van der Waals surface area contributed by atoms with Crippen molar-refractivity contribution in [1.29, 1.82) is 0 Å². The fourth-order valence-corrected chi connectivity index (χ4v) is 3.92. The first-order chi connectivity index (χ1) is 15.9. The van der Waals surface area contributed by atoms with Gasteiger partial charge in [0.25, 0.3) is 0 Å². The standard InChI is InChI=1S/C22H35N3O8S/c1-5-31-19(26)14-24-34(29,30)16-18(25-21(28)33-22(2,3)4)12-9-13-23-20(27)32-15-17-10-7-6-8-11-17/h6-8,10-11,18,24H,5,9,12-16H2,1-4H3,(H,23,27)(H,25,28). The summed E-state index contributed by atoms with van der Waals surface area (Å²) in [4.78, 5) is 35.4. The number of nitrogens with one attached hydrogen (secondary N) is 3. The predicted molar refractivity (Wildman–Crippen MR) is 125 cm³/mol. The van der Waals surface area contributed by atoms with Gasteiger partial charge in [-0.3, -0.25) is 4.79 Å². The molecule has 1 aromatic carbocycles. The molecule has 0 aliphatic carbocycles. The van der Waals surface area contributed by atoms with Crippen LogP contribution in [0.5, 0.6) is 0 Å². The van der Waals surface area contributed by atoms with E-state index in [0.29, 0.717) is 6.42 Å². The van der Waals surface area contributed by atoms with Crippen LogP contribution in [-0.4, -0.2) is 63.7 Å². The molecule has 3 N–H and O–H groups in total. The molecule has 0 aromatic heterocycles. The lowest BCUT2D eigenvalue weighted by Gasteiger charge is -2.23. The number of hydrogen-bond donors (Lipinski definition) is 3. The second-order valence-corrected chi connectivity index (χ2v) is 10.2. The molecule has 12 heteroatoms. The highest BCUT2D eigenvalue weighted by atomic mass is 32.2. The predicted octanol–water partition coefficient (Wildman–Crippen LogP) is 2.07. The lowest BCUT2D eigenvalue weighted by molar-refractivity contribution is -0.141. The molecule has 1 rings (SSSR count). The zero-order valence-corrected chi connectivity index (χ0v) is 20.9. The van der Waals surface area contributed by atoms with Crippen LogP contribution in [0.15, 0.2) is 30.3 Å². The lowest BCUT2D eigenvalue weighted by atomic mass is 10.2. The lowest BCUT2D eigenvalue weighted by Crippen LogP contribution is -2.45. The molecular weight excluding hydrogens is 466 g/mol. The van der Waals surface area contributed by atoms with Gasteiger partial charge >= 0.3 is 18.2 Å². The third-order valence-corrected chi connectivity index (χ3v) is 5.52. The molecule has 0 spiro atoms. The Balaban J connectivity index is 2.56. The van der Waals surface area contributed by atoms with Crippen molar-refractivity contribution in [3.63, 3.8) is 0 Å². The normalized spacial score (nSPS) is 12.4. The van der Waals surface area contributed by atoms with E-state index in [1.165, 1.54) is 0 Å². The first-order valence-corrected chi connectivity index (χ1v) is 12.6. The Bertz CT molecular complexity index is 885. The molecule has 0 aliphatic rings. The van der Waals surface area contributed by atoms with Gasteiger partial charge in [-0.25, -0.2) is 22.7 Å². The van der Waals surface area contributed by atoms with Crippen LogP contribution in [0.1, 0.15) is 46.1 Å². The van der Waals surface area contributed by atoms with Crippen LogP contribution in [0.3, 0.4) is 0 Å². The summed E-state index contributed by atoms with van der Waals surface area (Å²) in [5, 5.41) is 5.12. The summed E-state index contributed by atoms with van der Waals surface area (Å²) in [5.74, 6) is -1.19. The maximum Gasteiger partial charge on any atom is 0.407 e. The minimum atomic E-state index is -3.91. The minimum Gasteiger partial charge on any atom is -0.465 e. The summed E-state index contributed by atoms with van der Waals surface area (Å²) >= 11 is 0. The van der Waals surface area contributed by atoms with Crippen LogP contribution in [0.25, 0.3) is 0 Å². The molecule has 0 saturated heterocycles. The second kappa shape index (κ2) is 14.4. The van der Waals surface area contributed by atoms with E-state index < -0.39 is 52.1 Å². The van der Waals surface area contributed by atoms with Gasteiger partial charge in [0, 0.05) is 12.6 Å². The number of esters is 1. The van der Waals surface area contributed by atoms with Gasteiger partial charge in [-0.05, 0) is 46.1 Å². The van der Waals surface area contributed by atoms with Crippen LogP contribution >= 0.6 is 0 Å². The molecule has 1 unspecified atom stereocenters. The van der Waals surface area contributed by atoms with Crippen LogP contribution in [-0.2, 0) is 35.6 Å². The second-order valence-electron chi connectivity index (χ2n) is 8.38. The molecule has 1 atom stereocenters. The van der Waals surface area contributed by atoms with E-state index >= 15 is 0 Å². The third-order valence-electron chi connectivity index (χ3n) is 4.09. The molecule has 0 radical (unpaired) electrons. The molecule has 34 heavy (non-hydrogen) atoms. The highest BCUT2D eigenvalue weighted by molar-refractivity contribution is 7.89. The summed E-state index contributed by atoms with van der Waals surface area (Å²) in [5.41, 5.74) is 0.0829. The van der Waals surface area contributed by atoms with Gasteiger partial charge < -0.3 is 24.8 Å². The highest BCUT2D eigenvalue weighted by Gasteiger charge is 2.24. The summed E-state index contributed by atoms with van der Waals surface area (Å²) in [6.07, 6.45) is -0.801. The third kappa shape index (κ3) is 14.3. The summed E-state index contributed by atoms with van der Waals surface area (Å²) in [6, 6.07) is 8.37. The molecule has 0 aliphatic heterocycles. The van der Waals surface area contributed by atoms with Gasteiger partial charge in [0.15, 0.2) is 0 Å². The number of hydrogen-bond acceptors (Lipinski definition) is 8.